The van der Waals surface area contributed by atoms with Crippen molar-refractivity contribution in [3.8, 4) is 0 Å². The summed E-state index contributed by atoms with van der Waals surface area (Å²) in [5.74, 6) is 0. The molecule has 0 saturated carbocycles. The summed E-state index contributed by atoms with van der Waals surface area (Å²) in [7, 11) is 0. The van der Waals surface area contributed by atoms with Gasteiger partial charge in [0, 0.05) is 35.3 Å². The van der Waals surface area contributed by atoms with Crippen molar-refractivity contribution in [1.29, 1.82) is 0 Å². The Kier molecular flexibility index (Phi) is 4.35. The van der Waals surface area contributed by atoms with E-state index in [2.05, 4.69) is 38.3 Å². The molecule has 21 heavy (non-hydrogen) atoms. The molecule has 0 amide bonds. The molecule has 0 atom stereocenters. The SMILES string of the molecule is CC1(C)CC(NCc2ccccc2[N+](=O)[O-])CC(C)(C)N1. The van der Waals surface area contributed by atoms with Crippen LogP contribution in [0.2, 0.25) is 0 Å². The number of nitrogens with one attached hydrogen (secondary N) is 2. The van der Waals surface area contributed by atoms with E-state index < -0.39 is 0 Å². The molecule has 1 aliphatic heterocycles. The molecule has 0 unspecified atom stereocenters. The van der Waals surface area contributed by atoms with Crippen LogP contribution in [0.25, 0.3) is 0 Å². The number of para-hydroxylation sites is 1. The predicted octanol–water partition coefficient (Wildman–Crippen LogP) is 2.99. The van der Waals surface area contributed by atoms with Crippen molar-refractivity contribution in [1.82, 2.24) is 10.6 Å². The summed E-state index contributed by atoms with van der Waals surface area (Å²) >= 11 is 0. The highest BCUT2D eigenvalue weighted by molar-refractivity contribution is 5.39. The highest BCUT2D eigenvalue weighted by Crippen LogP contribution is 2.29. The Morgan fingerprint density at radius 1 is 1.24 bits per heavy atom. The second kappa shape index (κ2) is 5.73. The average Bonchev–Trinajstić information content (AvgIpc) is 2.33. The van der Waals surface area contributed by atoms with Crippen LogP contribution in [0.15, 0.2) is 24.3 Å². The van der Waals surface area contributed by atoms with E-state index in [1.165, 1.54) is 0 Å². The molecule has 2 N–H and O–H groups in total. The first-order valence-electron chi connectivity index (χ1n) is 7.44. The van der Waals surface area contributed by atoms with Crippen molar-refractivity contribution in [3.05, 3.63) is 39.9 Å². The summed E-state index contributed by atoms with van der Waals surface area (Å²) in [6, 6.07) is 7.30. The van der Waals surface area contributed by atoms with E-state index >= 15 is 0 Å². The van der Waals surface area contributed by atoms with Crippen LogP contribution in [0.3, 0.4) is 0 Å². The molecule has 0 aliphatic carbocycles. The van der Waals surface area contributed by atoms with Gasteiger partial charge in [0.05, 0.1) is 4.92 Å². The number of hydrogen-bond donors (Lipinski definition) is 2. The minimum Gasteiger partial charge on any atom is -0.310 e. The maximum absolute atomic E-state index is 11.0. The molecule has 1 fully saturated rings. The molecule has 5 heteroatoms. The van der Waals surface area contributed by atoms with Gasteiger partial charge in [0.2, 0.25) is 0 Å². The van der Waals surface area contributed by atoms with Crippen molar-refractivity contribution < 1.29 is 4.92 Å². The van der Waals surface area contributed by atoms with Gasteiger partial charge in [0.1, 0.15) is 0 Å². The first-order valence-corrected chi connectivity index (χ1v) is 7.44. The summed E-state index contributed by atoms with van der Waals surface area (Å²) in [4.78, 5) is 10.7. The molecule has 2 rings (SSSR count). The molecule has 1 aliphatic rings. The van der Waals surface area contributed by atoms with E-state index in [4.69, 9.17) is 0 Å². The van der Waals surface area contributed by atoms with E-state index in [1.54, 1.807) is 12.1 Å². The largest absolute Gasteiger partial charge is 0.310 e. The molecule has 0 bridgehead atoms. The van der Waals surface area contributed by atoms with Gasteiger partial charge in [0.15, 0.2) is 0 Å². The lowest BCUT2D eigenvalue weighted by Gasteiger charge is -2.46. The fourth-order valence-electron chi connectivity index (χ4n) is 3.56. The Bertz CT molecular complexity index is 510. The van der Waals surface area contributed by atoms with Crippen molar-refractivity contribution in [3.63, 3.8) is 0 Å². The van der Waals surface area contributed by atoms with Gasteiger partial charge in [-0.15, -0.1) is 0 Å². The minimum absolute atomic E-state index is 0.0715. The first-order chi connectivity index (χ1) is 9.69. The Labute approximate surface area is 126 Å². The number of hydrogen-bond acceptors (Lipinski definition) is 4. The predicted molar refractivity (Wildman–Crippen MR) is 84.3 cm³/mol. The molecule has 0 aromatic heterocycles. The van der Waals surface area contributed by atoms with E-state index in [0.717, 1.165) is 18.4 Å². The fraction of sp³-hybridized carbons (Fsp3) is 0.625. The molecule has 1 saturated heterocycles. The second-order valence-corrected chi connectivity index (χ2v) is 7.26. The van der Waals surface area contributed by atoms with Crippen LogP contribution < -0.4 is 10.6 Å². The van der Waals surface area contributed by atoms with Crippen LogP contribution in [0, 0.1) is 10.1 Å². The number of piperidine rings is 1. The third-order valence-electron chi connectivity index (χ3n) is 3.96. The highest BCUT2D eigenvalue weighted by Gasteiger charge is 2.37. The smallest absolute Gasteiger partial charge is 0.273 e. The van der Waals surface area contributed by atoms with E-state index in [0.29, 0.717) is 12.6 Å². The topological polar surface area (TPSA) is 67.2 Å². The summed E-state index contributed by atoms with van der Waals surface area (Å²) < 4.78 is 0. The maximum atomic E-state index is 11.0. The molecule has 5 nitrogen and oxygen atoms in total. The molecule has 1 aromatic rings. The first kappa shape index (κ1) is 15.9. The Morgan fingerprint density at radius 2 is 1.81 bits per heavy atom. The summed E-state index contributed by atoms with van der Waals surface area (Å²) in [5, 5.41) is 18.2. The number of nitrogens with zero attached hydrogens (tertiary/aromatic N) is 1. The Hall–Kier alpha value is -1.46. The van der Waals surface area contributed by atoms with E-state index in [1.807, 2.05) is 12.1 Å². The third-order valence-corrected chi connectivity index (χ3v) is 3.96. The summed E-state index contributed by atoms with van der Waals surface area (Å²) in [6.07, 6.45) is 2.02. The van der Waals surface area contributed by atoms with Crippen molar-refractivity contribution in [2.45, 2.75) is 64.2 Å². The van der Waals surface area contributed by atoms with Gasteiger partial charge >= 0.3 is 0 Å². The number of rotatable bonds is 4. The summed E-state index contributed by atoms with van der Waals surface area (Å²) in [6.45, 7) is 9.34. The zero-order chi connectivity index (χ0) is 15.7. The minimum atomic E-state index is -0.312. The van der Waals surface area contributed by atoms with Gasteiger partial charge in [0.25, 0.3) is 5.69 Å². The summed E-state index contributed by atoms with van der Waals surface area (Å²) in [5.41, 5.74) is 1.08. The van der Waals surface area contributed by atoms with Crippen molar-refractivity contribution in [2.24, 2.45) is 0 Å². The van der Waals surface area contributed by atoms with E-state index in [-0.39, 0.29) is 21.7 Å². The van der Waals surface area contributed by atoms with Crippen LogP contribution >= 0.6 is 0 Å². The molecule has 1 aromatic carbocycles. The van der Waals surface area contributed by atoms with Gasteiger partial charge < -0.3 is 10.6 Å². The third kappa shape index (κ3) is 4.25. The van der Waals surface area contributed by atoms with E-state index in [9.17, 15) is 10.1 Å². The lowest BCUT2D eigenvalue weighted by molar-refractivity contribution is -0.385. The second-order valence-electron chi connectivity index (χ2n) is 7.26. The Balaban J connectivity index is 2.05. The van der Waals surface area contributed by atoms with Crippen molar-refractivity contribution >= 4 is 5.69 Å². The Morgan fingerprint density at radius 3 is 2.38 bits per heavy atom. The van der Waals surface area contributed by atoms with Crippen LogP contribution in [0.4, 0.5) is 5.69 Å². The van der Waals surface area contributed by atoms with Crippen molar-refractivity contribution in [2.75, 3.05) is 0 Å². The number of nitro groups is 1. The maximum Gasteiger partial charge on any atom is 0.273 e. The molecule has 0 spiro atoms. The molecular weight excluding hydrogens is 266 g/mol. The fourth-order valence-corrected chi connectivity index (χ4v) is 3.56. The lowest BCUT2D eigenvalue weighted by Crippen LogP contribution is -2.61. The quantitative estimate of drug-likeness (QED) is 0.661. The normalized spacial score (nSPS) is 21.1. The van der Waals surface area contributed by atoms with Gasteiger partial charge in [-0.05, 0) is 40.5 Å². The van der Waals surface area contributed by atoms with Gasteiger partial charge in [-0.1, -0.05) is 18.2 Å². The lowest BCUT2D eigenvalue weighted by atomic mass is 9.79. The molecular formula is C16H25N3O2. The number of benzene rings is 1. The molecule has 0 radical (unpaired) electrons. The van der Waals surface area contributed by atoms with Gasteiger partial charge in [-0.3, -0.25) is 10.1 Å². The standard InChI is InChI=1S/C16H25N3O2/c1-15(2)9-13(10-16(3,4)18-15)17-11-12-7-5-6-8-14(12)19(20)21/h5-8,13,17-18H,9-11H2,1-4H3. The van der Waals surface area contributed by atoms with Crippen LogP contribution in [0.5, 0.6) is 0 Å². The zero-order valence-corrected chi connectivity index (χ0v) is 13.3. The van der Waals surface area contributed by atoms with Gasteiger partial charge in [-0.2, -0.15) is 0 Å². The molecule has 1 heterocycles. The monoisotopic (exact) mass is 291 g/mol. The van der Waals surface area contributed by atoms with Crippen LogP contribution in [-0.2, 0) is 6.54 Å². The average molecular weight is 291 g/mol. The van der Waals surface area contributed by atoms with Crippen LogP contribution in [0.1, 0.15) is 46.1 Å². The van der Waals surface area contributed by atoms with Gasteiger partial charge in [-0.25, -0.2) is 0 Å². The highest BCUT2D eigenvalue weighted by atomic mass is 16.6. The van der Waals surface area contributed by atoms with Crippen LogP contribution in [-0.4, -0.2) is 22.0 Å². The number of nitro benzene ring substituents is 1. The zero-order valence-electron chi connectivity index (χ0n) is 13.3. The molecule has 116 valence electrons.